The van der Waals surface area contributed by atoms with E-state index >= 15 is 0 Å². The van der Waals surface area contributed by atoms with Crippen LogP contribution in [0.25, 0.3) is 11.1 Å². The van der Waals surface area contributed by atoms with Gasteiger partial charge in [-0.25, -0.2) is 0 Å². The molecule has 2 amide bonds. The molecule has 0 bridgehead atoms. The maximum Gasteiger partial charge on any atom is 0.416 e. The van der Waals surface area contributed by atoms with Crippen molar-refractivity contribution in [1.82, 2.24) is 15.5 Å². The molecular weight excluding hydrogens is 515 g/mol. The molecule has 1 aromatic heterocycles. The molecule has 0 unspecified atom stereocenters. The average molecular weight is 550 g/mol. The number of aliphatic carboxylic acids is 1. The Balaban J connectivity index is 1.42. The minimum absolute atomic E-state index is 0.00775. The molecule has 0 radical (unpaired) electrons. The molecule has 2 heterocycles. The molecular formula is C28H34F3N3O5. The summed E-state index contributed by atoms with van der Waals surface area (Å²) < 4.78 is 43.8. The van der Waals surface area contributed by atoms with E-state index in [1.165, 1.54) is 24.5 Å². The Kier molecular flexibility index (Phi) is 7.59. The molecule has 1 aliphatic heterocycles. The number of carbonyl (C=O) groups excluding carboxylic acids is 2. The van der Waals surface area contributed by atoms with Crippen LogP contribution in [0.15, 0.2) is 41.0 Å². The third kappa shape index (κ3) is 6.13. The van der Waals surface area contributed by atoms with Crippen molar-refractivity contribution in [3.05, 3.63) is 47.9 Å². The lowest BCUT2D eigenvalue weighted by Gasteiger charge is -2.47. The summed E-state index contributed by atoms with van der Waals surface area (Å²) in [7, 11) is 0. The lowest BCUT2D eigenvalue weighted by atomic mass is 9.68. The third-order valence-electron chi connectivity index (χ3n) is 7.61. The second-order valence-electron chi connectivity index (χ2n) is 11.7. The standard InChI is InChI=1S/C28H34F3N3O5/c1-26(2,3)33-19-9-10-22(27(4,14-19)25(37)38)34-12-11-20(24(34)36)32-23(35)21-13-17(15-39-21)16-5-7-18(8-6-16)28(29,30)31/h5-8,13,15,19-20,22,33H,9-12,14H2,1-4H3,(H,32,35)(H,37,38)/t19-,20+,22+,27-/m1/s1. The molecule has 1 aliphatic carbocycles. The number of likely N-dealkylation sites (tertiary alicyclic amines) is 1. The Bertz CT molecular complexity index is 1230. The predicted octanol–water partition coefficient (Wildman–Crippen LogP) is 4.70. The van der Waals surface area contributed by atoms with Crippen LogP contribution in [-0.4, -0.2) is 58.0 Å². The van der Waals surface area contributed by atoms with Gasteiger partial charge in [0, 0.05) is 29.7 Å². The largest absolute Gasteiger partial charge is 0.481 e. The van der Waals surface area contributed by atoms with Crippen LogP contribution in [0.5, 0.6) is 0 Å². The van der Waals surface area contributed by atoms with E-state index in [1.807, 2.05) is 20.8 Å². The minimum Gasteiger partial charge on any atom is -0.481 e. The number of carbonyl (C=O) groups is 3. The fraction of sp³-hybridized carbons (Fsp3) is 0.536. The zero-order valence-corrected chi connectivity index (χ0v) is 22.4. The molecule has 1 aromatic carbocycles. The molecule has 3 N–H and O–H groups in total. The number of alkyl halides is 3. The van der Waals surface area contributed by atoms with E-state index in [4.69, 9.17) is 4.42 Å². The highest BCUT2D eigenvalue weighted by molar-refractivity contribution is 5.97. The zero-order chi connectivity index (χ0) is 28.8. The number of rotatable bonds is 6. The Morgan fingerprint density at radius 3 is 2.33 bits per heavy atom. The summed E-state index contributed by atoms with van der Waals surface area (Å²) in [6, 6.07) is 4.56. The molecule has 8 nitrogen and oxygen atoms in total. The van der Waals surface area contributed by atoms with Crippen molar-refractivity contribution < 1.29 is 37.1 Å². The van der Waals surface area contributed by atoms with E-state index in [9.17, 15) is 32.7 Å². The molecule has 11 heteroatoms. The monoisotopic (exact) mass is 549 g/mol. The summed E-state index contributed by atoms with van der Waals surface area (Å²) in [6.45, 7) is 8.09. The maximum atomic E-state index is 13.3. The number of carboxylic acid groups (broad SMARTS) is 1. The van der Waals surface area contributed by atoms with Gasteiger partial charge in [0.05, 0.1) is 17.2 Å². The highest BCUT2D eigenvalue weighted by Crippen LogP contribution is 2.41. The normalized spacial score (nSPS) is 26.1. The molecule has 2 fully saturated rings. The van der Waals surface area contributed by atoms with E-state index in [0.29, 0.717) is 36.9 Å². The molecule has 212 valence electrons. The fourth-order valence-electron chi connectivity index (χ4n) is 5.73. The first-order valence-electron chi connectivity index (χ1n) is 13.0. The first kappa shape index (κ1) is 28.7. The van der Waals surface area contributed by atoms with Crippen molar-refractivity contribution in [2.24, 2.45) is 5.41 Å². The Labute approximate surface area is 224 Å². The SMILES string of the molecule is CC(C)(C)N[C@@H]1CC[C@H](N2CC[C@H](NC(=O)c3cc(-c4ccc(C(F)(F)F)cc4)co3)C2=O)[C@](C)(C(=O)O)C1. The van der Waals surface area contributed by atoms with Gasteiger partial charge in [0.25, 0.3) is 5.91 Å². The van der Waals surface area contributed by atoms with Crippen molar-refractivity contribution >= 4 is 17.8 Å². The quantitative estimate of drug-likeness (QED) is 0.482. The number of amides is 2. The lowest BCUT2D eigenvalue weighted by Crippen LogP contribution is -2.59. The van der Waals surface area contributed by atoms with Crippen molar-refractivity contribution in [2.45, 2.75) is 83.2 Å². The van der Waals surface area contributed by atoms with Gasteiger partial charge in [0.2, 0.25) is 5.91 Å². The zero-order valence-electron chi connectivity index (χ0n) is 22.4. The van der Waals surface area contributed by atoms with Crippen LogP contribution in [0.3, 0.4) is 0 Å². The fourth-order valence-corrected chi connectivity index (χ4v) is 5.73. The number of benzene rings is 1. The van der Waals surface area contributed by atoms with Crippen LogP contribution in [-0.2, 0) is 15.8 Å². The molecule has 39 heavy (non-hydrogen) atoms. The molecule has 2 aliphatic rings. The maximum absolute atomic E-state index is 13.3. The summed E-state index contributed by atoms with van der Waals surface area (Å²) in [5.41, 5.74) is -1.24. The molecule has 4 rings (SSSR count). The summed E-state index contributed by atoms with van der Waals surface area (Å²) in [4.78, 5) is 40.1. The van der Waals surface area contributed by atoms with Gasteiger partial charge in [-0.1, -0.05) is 12.1 Å². The summed E-state index contributed by atoms with van der Waals surface area (Å²) in [5, 5.41) is 16.3. The van der Waals surface area contributed by atoms with E-state index in [1.54, 1.807) is 11.8 Å². The van der Waals surface area contributed by atoms with Gasteiger partial charge in [-0.3, -0.25) is 14.4 Å². The number of nitrogens with zero attached hydrogens (tertiary/aromatic N) is 1. The Hall–Kier alpha value is -3.34. The number of nitrogens with one attached hydrogen (secondary N) is 2. The molecule has 1 saturated heterocycles. The smallest absolute Gasteiger partial charge is 0.416 e. The minimum atomic E-state index is -4.45. The Morgan fingerprint density at radius 2 is 1.74 bits per heavy atom. The highest BCUT2D eigenvalue weighted by Gasteiger charge is 2.52. The van der Waals surface area contributed by atoms with Gasteiger partial charge in [-0.15, -0.1) is 0 Å². The van der Waals surface area contributed by atoms with E-state index < -0.39 is 41.1 Å². The van der Waals surface area contributed by atoms with Crippen LogP contribution in [0.4, 0.5) is 13.2 Å². The highest BCUT2D eigenvalue weighted by atomic mass is 19.4. The van der Waals surface area contributed by atoms with E-state index in [-0.39, 0.29) is 23.2 Å². The van der Waals surface area contributed by atoms with Crippen LogP contribution < -0.4 is 10.6 Å². The molecule has 1 saturated carbocycles. The number of furan rings is 1. The second kappa shape index (κ2) is 10.3. The summed E-state index contributed by atoms with van der Waals surface area (Å²) >= 11 is 0. The molecule has 4 atom stereocenters. The molecule has 2 aromatic rings. The van der Waals surface area contributed by atoms with Crippen molar-refractivity contribution in [3.63, 3.8) is 0 Å². The number of halogens is 3. The number of hydrogen-bond acceptors (Lipinski definition) is 5. The van der Waals surface area contributed by atoms with Crippen LogP contribution in [0.2, 0.25) is 0 Å². The van der Waals surface area contributed by atoms with Crippen molar-refractivity contribution in [3.8, 4) is 11.1 Å². The predicted molar refractivity (Wildman–Crippen MR) is 137 cm³/mol. The van der Waals surface area contributed by atoms with Gasteiger partial charge in [0.1, 0.15) is 6.04 Å². The van der Waals surface area contributed by atoms with Gasteiger partial charge in [-0.2, -0.15) is 13.2 Å². The number of hydrogen-bond donors (Lipinski definition) is 3. The summed E-state index contributed by atoms with van der Waals surface area (Å²) in [6.07, 6.45) is -1.23. The second-order valence-corrected chi connectivity index (χ2v) is 11.7. The van der Waals surface area contributed by atoms with E-state index in [0.717, 1.165) is 18.6 Å². The lowest BCUT2D eigenvalue weighted by molar-refractivity contribution is -0.158. The van der Waals surface area contributed by atoms with Gasteiger partial charge < -0.3 is 25.1 Å². The van der Waals surface area contributed by atoms with Crippen molar-refractivity contribution in [1.29, 1.82) is 0 Å². The van der Waals surface area contributed by atoms with E-state index in [2.05, 4.69) is 10.6 Å². The van der Waals surface area contributed by atoms with Gasteiger partial charge >= 0.3 is 12.1 Å². The summed E-state index contributed by atoms with van der Waals surface area (Å²) in [5.74, 6) is -2.01. The van der Waals surface area contributed by atoms with Gasteiger partial charge in [-0.05, 0) is 77.1 Å². The van der Waals surface area contributed by atoms with Crippen molar-refractivity contribution in [2.75, 3.05) is 6.54 Å². The topological polar surface area (TPSA) is 112 Å². The molecule has 0 spiro atoms. The Morgan fingerprint density at radius 1 is 1.08 bits per heavy atom. The number of carboxylic acids is 1. The average Bonchev–Trinajstić information content (AvgIpc) is 3.46. The van der Waals surface area contributed by atoms with Crippen LogP contribution in [0, 0.1) is 5.41 Å². The van der Waals surface area contributed by atoms with Gasteiger partial charge in [0.15, 0.2) is 5.76 Å². The van der Waals surface area contributed by atoms with Crippen LogP contribution >= 0.6 is 0 Å². The first-order chi connectivity index (χ1) is 18.1. The third-order valence-corrected chi connectivity index (χ3v) is 7.61. The van der Waals surface area contributed by atoms with Crippen LogP contribution in [0.1, 0.15) is 69.5 Å². The first-order valence-corrected chi connectivity index (χ1v) is 13.0.